The van der Waals surface area contributed by atoms with E-state index in [-0.39, 0.29) is 11.9 Å². The molecule has 2 unspecified atom stereocenters. The number of nitrogens with one attached hydrogen (secondary N) is 2. The molecular formula is C11H23N3O. The van der Waals surface area contributed by atoms with Crippen molar-refractivity contribution in [3.8, 4) is 0 Å². The molecule has 1 heterocycles. The van der Waals surface area contributed by atoms with Gasteiger partial charge in [-0.1, -0.05) is 13.8 Å². The molecule has 0 radical (unpaired) electrons. The van der Waals surface area contributed by atoms with Crippen LogP contribution in [0.2, 0.25) is 0 Å². The lowest BCUT2D eigenvalue weighted by Crippen LogP contribution is -2.57. The number of carbonyl (C=O) groups excluding carboxylic acids is 1. The Bertz CT molecular complexity index is 212. The summed E-state index contributed by atoms with van der Waals surface area (Å²) in [5.41, 5.74) is 0. The van der Waals surface area contributed by atoms with E-state index in [2.05, 4.69) is 31.4 Å². The standard InChI is InChI=1S/C11H23N3O/c1-8(2)9(3)14(4)11(15)10-7-12-5-6-13-10/h8-10,12-13H,5-7H2,1-4H3. The van der Waals surface area contributed by atoms with Crippen molar-refractivity contribution in [3.05, 3.63) is 0 Å². The van der Waals surface area contributed by atoms with Gasteiger partial charge in [-0.25, -0.2) is 0 Å². The summed E-state index contributed by atoms with van der Waals surface area (Å²) in [5.74, 6) is 0.693. The molecule has 2 atom stereocenters. The van der Waals surface area contributed by atoms with Crippen molar-refractivity contribution in [2.75, 3.05) is 26.7 Å². The molecule has 1 fully saturated rings. The summed E-state index contributed by atoms with van der Waals surface area (Å²) in [6.45, 7) is 8.95. The largest absolute Gasteiger partial charge is 0.341 e. The first-order chi connectivity index (χ1) is 7.04. The first-order valence-electron chi connectivity index (χ1n) is 5.74. The zero-order valence-corrected chi connectivity index (χ0v) is 10.2. The van der Waals surface area contributed by atoms with Crippen LogP contribution in [0.5, 0.6) is 0 Å². The smallest absolute Gasteiger partial charge is 0.241 e. The van der Waals surface area contributed by atoms with Gasteiger partial charge in [0.25, 0.3) is 0 Å². The van der Waals surface area contributed by atoms with Crippen LogP contribution < -0.4 is 10.6 Å². The minimum absolute atomic E-state index is 0.0510. The van der Waals surface area contributed by atoms with Gasteiger partial charge in [0.1, 0.15) is 0 Å². The second-order valence-corrected chi connectivity index (χ2v) is 4.64. The lowest BCUT2D eigenvalue weighted by molar-refractivity contribution is -0.134. The van der Waals surface area contributed by atoms with E-state index < -0.39 is 0 Å². The normalized spacial score (nSPS) is 23.9. The molecule has 1 rings (SSSR count). The molecule has 1 amide bonds. The van der Waals surface area contributed by atoms with E-state index in [9.17, 15) is 4.79 Å². The van der Waals surface area contributed by atoms with Crippen LogP contribution in [0.3, 0.4) is 0 Å². The Hall–Kier alpha value is -0.610. The third-order valence-electron chi connectivity index (χ3n) is 3.26. The second kappa shape index (κ2) is 5.47. The maximum atomic E-state index is 12.1. The predicted molar refractivity (Wildman–Crippen MR) is 61.7 cm³/mol. The number of amides is 1. The van der Waals surface area contributed by atoms with Crippen molar-refractivity contribution in [2.24, 2.45) is 5.92 Å². The molecule has 4 nitrogen and oxygen atoms in total. The minimum atomic E-state index is -0.0510. The number of likely N-dealkylation sites (N-methyl/N-ethyl adjacent to an activating group) is 1. The van der Waals surface area contributed by atoms with E-state index in [0.717, 1.165) is 19.6 Å². The number of hydrogen-bond acceptors (Lipinski definition) is 3. The van der Waals surface area contributed by atoms with Crippen LogP contribution in [0.4, 0.5) is 0 Å². The maximum absolute atomic E-state index is 12.1. The Morgan fingerprint density at radius 2 is 2.00 bits per heavy atom. The van der Waals surface area contributed by atoms with Crippen molar-refractivity contribution in [3.63, 3.8) is 0 Å². The Morgan fingerprint density at radius 1 is 1.33 bits per heavy atom. The molecule has 88 valence electrons. The monoisotopic (exact) mass is 213 g/mol. The highest BCUT2D eigenvalue weighted by Gasteiger charge is 2.26. The molecular weight excluding hydrogens is 190 g/mol. The van der Waals surface area contributed by atoms with Gasteiger partial charge in [0.2, 0.25) is 5.91 Å². The lowest BCUT2D eigenvalue weighted by Gasteiger charge is -2.33. The summed E-state index contributed by atoms with van der Waals surface area (Å²) < 4.78 is 0. The van der Waals surface area contributed by atoms with Gasteiger partial charge in [0.15, 0.2) is 0 Å². The summed E-state index contributed by atoms with van der Waals surface area (Å²) in [7, 11) is 1.89. The fourth-order valence-electron chi connectivity index (χ4n) is 1.72. The van der Waals surface area contributed by atoms with Gasteiger partial charge in [-0.05, 0) is 12.8 Å². The summed E-state index contributed by atoms with van der Waals surface area (Å²) in [5, 5.41) is 6.47. The summed E-state index contributed by atoms with van der Waals surface area (Å²) in [6.07, 6.45) is 0. The Labute approximate surface area is 92.4 Å². The third-order valence-corrected chi connectivity index (χ3v) is 3.26. The fraction of sp³-hybridized carbons (Fsp3) is 0.909. The molecule has 0 aliphatic carbocycles. The third kappa shape index (κ3) is 3.18. The van der Waals surface area contributed by atoms with E-state index in [0.29, 0.717) is 12.0 Å². The van der Waals surface area contributed by atoms with Crippen molar-refractivity contribution >= 4 is 5.91 Å². The first-order valence-corrected chi connectivity index (χ1v) is 5.74. The Balaban J connectivity index is 2.50. The highest BCUT2D eigenvalue weighted by Crippen LogP contribution is 2.09. The van der Waals surface area contributed by atoms with Gasteiger partial charge in [-0.2, -0.15) is 0 Å². The first kappa shape index (κ1) is 12.5. The van der Waals surface area contributed by atoms with E-state index in [1.54, 1.807) is 0 Å². The predicted octanol–water partition coefficient (Wildman–Crippen LogP) is 0.0507. The highest BCUT2D eigenvalue weighted by molar-refractivity contribution is 5.82. The molecule has 0 aromatic carbocycles. The van der Waals surface area contributed by atoms with Crippen LogP contribution in [0, 0.1) is 5.92 Å². The van der Waals surface area contributed by atoms with Crippen LogP contribution >= 0.6 is 0 Å². The average molecular weight is 213 g/mol. The van der Waals surface area contributed by atoms with Gasteiger partial charge in [-0.15, -0.1) is 0 Å². The number of hydrogen-bond donors (Lipinski definition) is 2. The molecule has 0 aromatic rings. The molecule has 1 aliphatic rings. The molecule has 0 saturated carbocycles. The van der Waals surface area contributed by atoms with Gasteiger partial charge in [-0.3, -0.25) is 4.79 Å². The van der Waals surface area contributed by atoms with Crippen LogP contribution in [0.1, 0.15) is 20.8 Å². The molecule has 0 spiro atoms. The number of piperazine rings is 1. The SMILES string of the molecule is CC(C)C(C)N(C)C(=O)C1CNCCN1. The van der Waals surface area contributed by atoms with E-state index in [4.69, 9.17) is 0 Å². The molecule has 1 aliphatic heterocycles. The van der Waals surface area contributed by atoms with Gasteiger partial charge in [0.05, 0.1) is 6.04 Å². The van der Waals surface area contributed by atoms with Gasteiger partial charge in [0, 0.05) is 32.7 Å². The van der Waals surface area contributed by atoms with Crippen LogP contribution in [0.25, 0.3) is 0 Å². The Morgan fingerprint density at radius 3 is 2.47 bits per heavy atom. The lowest BCUT2D eigenvalue weighted by atomic mass is 10.0. The highest BCUT2D eigenvalue weighted by atomic mass is 16.2. The maximum Gasteiger partial charge on any atom is 0.241 e. The summed E-state index contributed by atoms with van der Waals surface area (Å²) in [4.78, 5) is 13.9. The number of carbonyl (C=O) groups is 1. The topological polar surface area (TPSA) is 44.4 Å². The van der Waals surface area contributed by atoms with Crippen LogP contribution in [-0.2, 0) is 4.79 Å². The second-order valence-electron chi connectivity index (χ2n) is 4.64. The molecule has 4 heteroatoms. The van der Waals surface area contributed by atoms with Crippen molar-refractivity contribution < 1.29 is 4.79 Å². The van der Waals surface area contributed by atoms with Crippen molar-refractivity contribution in [1.29, 1.82) is 0 Å². The van der Waals surface area contributed by atoms with Crippen molar-refractivity contribution in [1.82, 2.24) is 15.5 Å². The molecule has 0 aromatic heterocycles. The van der Waals surface area contributed by atoms with Gasteiger partial charge < -0.3 is 15.5 Å². The molecule has 15 heavy (non-hydrogen) atoms. The van der Waals surface area contributed by atoms with Crippen molar-refractivity contribution in [2.45, 2.75) is 32.9 Å². The molecule has 0 bridgehead atoms. The quantitative estimate of drug-likeness (QED) is 0.696. The van der Waals surface area contributed by atoms with Crippen LogP contribution in [0.15, 0.2) is 0 Å². The van der Waals surface area contributed by atoms with E-state index in [1.807, 2.05) is 11.9 Å². The van der Waals surface area contributed by atoms with Crippen LogP contribution in [-0.4, -0.2) is 49.6 Å². The fourth-order valence-corrected chi connectivity index (χ4v) is 1.72. The zero-order valence-electron chi connectivity index (χ0n) is 10.2. The minimum Gasteiger partial charge on any atom is -0.341 e. The van der Waals surface area contributed by atoms with E-state index in [1.165, 1.54) is 0 Å². The zero-order chi connectivity index (χ0) is 11.4. The summed E-state index contributed by atoms with van der Waals surface area (Å²) >= 11 is 0. The number of nitrogens with zero attached hydrogens (tertiary/aromatic N) is 1. The number of rotatable bonds is 3. The van der Waals surface area contributed by atoms with E-state index >= 15 is 0 Å². The Kier molecular flexibility index (Phi) is 4.54. The molecule has 1 saturated heterocycles. The van der Waals surface area contributed by atoms with Gasteiger partial charge >= 0.3 is 0 Å². The average Bonchev–Trinajstić information content (AvgIpc) is 2.27. The summed E-state index contributed by atoms with van der Waals surface area (Å²) in [6, 6.07) is 0.242. The molecule has 2 N–H and O–H groups in total.